The quantitative estimate of drug-likeness (QED) is 0.930. The summed E-state index contributed by atoms with van der Waals surface area (Å²) in [6, 6.07) is 10.8. The Hall–Kier alpha value is -1.63. The third-order valence-corrected chi connectivity index (χ3v) is 6.47. The minimum absolute atomic E-state index is 0.132. The molecule has 6 heteroatoms. The van der Waals surface area contributed by atoms with Gasteiger partial charge in [0.15, 0.2) is 0 Å². The summed E-state index contributed by atoms with van der Waals surface area (Å²) in [5, 5.41) is 11.1. The van der Waals surface area contributed by atoms with Crippen LogP contribution in [0.15, 0.2) is 41.3 Å². The van der Waals surface area contributed by atoms with Crippen LogP contribution in [0.5, 0.6) is 0 Å². The number of aliphatic hydroxyl groups excluding tert-OH is 1. The predicted molar refractivity (Wildman–Crippen MR) is 92.3 cm³/mol. The van der Waals surface area contributed by atoms with Crippen molar-refractivity contribution in [1.29, 1.82) is 0 Å². The molecule has 0 bridgehead atoms. The van der Waals surface area contributed by atoms with E-state index in [0.29, 0.717) is 17.9 Å². The van der Waals surface area contributed by atoms with Gasteiger partial charge in [0, 0.05) is 43.1 Å². The van der Waals surface area contributed by atoms with E-state index in [1.54, 1.807) is 12.1 Å². The Morgan fingerprint density at radius 1 is 1.17 bits per heavy atom. The Bertz CT molecular complexity index is 818. The molecule has 2 aromatic carbocycles. The third kappa shape index (κ3) is 2.71. The first kappa shape index (κ1) is 16.2. The lowest BCUT2D eigenvalue weighted by molar-refractivity contribution is 0.213. The number of benzene rings is 2. The number of nitrogens with zero attached hydrogens (tertiary/aromatic N) is 2. The molecule has 124 valence electrons. The molecule has 3 rings (SSSR count). The number of sulfonamides is 1. The summed E-state index contributed by atoms with van der Waals surface area (Å²) in [5.74, 6) is 0. The van der Waals surface area contributed by atoms with E-state index in [2.05, 4.69) is 0 Å². The van der Waals surface area contributed by atoms with Crippen LogP contribution >= 0.6 is 0 Å². The Labute approximate surface area is 137 Å². The molecular formula is C17H22N2O3S. The van der Waals surface area contributed by atoms with Gasteiger partial charge >= 0.3 is 0 Å². The largest absolute Gasteiger partial charge is 0.395 e. The summed E-state index contributed by atoms with van der Waals surface area (Å²) in [6.45, 7) is 0.338. The van der Waals surface area contributed by atoms with Crippen molar-refractivity contribution in [3.05, 3.63) is 36.4 Å². The number of fused-ring (bicyclic) bond motifs is 1. The van der Waals surface area contributed by atoms with Crippen LogP contribution in [0.25, 0.3) is 10.8 Å². The average molecular weight is 334 g/mol. The predicted octanol–water partition coefficient (Wildman–Crippen LogP) is 2.05. The molecule has 1 aliphatic rings. The molecule has 0 unspecified atom stereocenters. The number of rotatable bonds is 4. The highest BCUT2D eigenvalue weighted by Crippen LogP contribution is 2.33. The summed E-state index contributed by atoms with van der Waals surface area (Å²) < 4.78 is 27.6. The van der Waals surface area contributed by atoms with Gasteiger partial charge in [-0.2, -0.15) is 4.31 Å². The van der Waals surface area contributed by atoms with Gasteiger partial charge in [-0.1, -0.05) is 24.3 Å². The second-order valence-electron chi connectivity index (χ2n) is 6.12. The van der Waals surface area contributed by atoms with E-state index >= 15 is 0 Å². The Balaban J connectivity index is 2.18. The smallest absolute Gasteiger partial charge is 0.244 e. The van der Waals surface area contributed by atoms with E-state index in [1.807, 2.05) is 43.3 Å². The molecule has 0 aromatic heterocycles. The molecule has 0 saturated carbocycles. The molecule has 0 spiro atoms. The van der Waals surface area contributed by atoms with Crippen LogP contribution in [0.3, 0.4) is 0 Å². The van der Waals surface area contributed by atoms with E-state index in [1.165, 1.54) is 4.31 Å². The van der Waals surface area contributed by atoms with E-state index in [4.69, 9.17) is 0 Å². The molecule has 1 atom stereocenters. The van der Waals surface area contributed by atoms with Crippen LogP contribution in [0.2, 0.25) is 0 Å². The topological polar surface area (TPSA) is 60.9 Å². The van der Waals surface area contributed by atoms with E-state index in [9.17, 15) is 13.5 Å². The Morgan fingerprint density at radius 2 is 1.87 bits per heavy atom. The molecule has 1 aliphatic heterocycles. The van der Waals surface area contributed by atoms with Crippen molar-refractivity contribution in [3.8, 4) is 0 Å². The lowest BCUT2D eigenvalue weighted by Crippen LogP contribution is -2.37. The second-order valence-corrected chi connectivity index (χ2v) is 7.98. The molecule has 5 nitrogen and oxygen atoms in total. The third-order valence-electron chi connectivity index (χ3n) is 4.46. The molecule has 23 heavy (non-hydrogen) atoms. The highest BCUT2D eigenvalue weighted by Gasteiger charge is 2.35. The summed E-state index contributed by atoms with van der Waals surface area (Å²) >= 11 is 0. The van der Waals surface area contributed by atoms with Crippen molar-refractivity contribution in [2.24, 2.45) is 0 Å². The van der Waals surface area contributed by atoms with Crippen molar-refractivity contribution in [3.63, 3.8) is 0 Å². The van der Waals surface area contributed by atoms with Crippen molar-refractivity contribution in [1.82, 2.24) is 4.31 Å². The SMILES string of the molecule is CN(C)c1cccc2c(S(=O)(=O)N3CCC[C@@H]3CO)cccc12. The lowest BCUT2D eigenvalue weighted by atomic mass is 10.1. The average Bonchev–Trinajstić information content (AvgIpc) is 3.03. The lowest BCUT2D eigenvalue weighted by Gasteiger charge is -2.24. The maximum Gasteiger partial charge on any atom is 0.244 e. The first-order chi connectivity index (χ1) is 11.0. The molecular weight excluding hydrogens is 312 g/mol. The van der Waals surface area contributed by atoms with Gasteiger partial charge in [-0.15, -0.1) is 0 Å². The van der Waals surface area contributed by atoms with E-state index in [-0.39, 0.29) is 12.6 Å². The van der Waals surface area contributed by atoms with Crippen LogP contribution in [-0.4, -0.2) is 51.1 Å². The van der Waals surface area contributed by atoms with Gasteiger partial charge in [0.05, 0.1) is 11.5 Å². The molecule has 1 heterocycles. The van der Waals surface area contributed by atoms with Crippen molar-refractivity contribution in [2.45, 2.75) is 23.8 Å². The molecule has 1 N–H and O–H groups in total. The highest BCUT2D eigenvalue weighted by molar-refractivity contribution is 7.89. The summed E-state index contributed by atoms with van der Waals surface area (Å²) in [5.41, 5.74) is 0.986. The van der Waals surface area contributed by atoms with Gasteiger partial charge in [-0.3, -0.25) is 0 Å². The zero-order valence-corrected chi connectivity index (χ0v) is 14.3. The maximum absolute atomic E-state index is 13.1. The maximum atomic E-state index is 13.1. The molecule has 0 amide bonds. The minimum atomic E-state index is -3.61. The monoisotopic (exact) mass is 334 g/mol. The first-order valence-electron chi connectivity index (χ1n) is 7.78. The minimum Gasteiger partial charge on any atom is -0.395 e. The fourth-order valence-corrected chi connectivity index (χ4v) is 5.21. The summed E-state index contributed by atoms with van der Waals surface area (Å²) in [6.07, 6.45) is 1.50. The summed E-state index contributed by atoms with van der Waals surface area (Å²) in [4.78, 5) is 2.30. The standard InChI is InChI=1S/C17H22N2O3S/c1-18(2)16-9-3-8-15-14(16)7-4-10-17(15)23(21,22)19-11-5-6-13(19)12-20/h3-4,7-10,13,20H,5-6,11-12H2,1-2H3/t13-/m1/s1. The van der Waals surface area contributed by atoms with Gasteiger partial charge < -0.3 is 10.0 Å². The van der Waals surface area contributed by atoms with Crippen molar-refractivity contribution in [2.75, 3.05) is 32.1 Å². The number of aliphatic hydroxyl groups is 1. The van der Waals surface area contributed by atoms with Crippen molar-refractivity contribution >= 4 is 26.5 Å². The van der Waals surface area contributed by atoms with Gasteiger partial charge in [0.2, 0.25) is 10.0 Å². The first-order valence-corrected chi connectivity index (χ1v) is 9.22. The normalized spacial score (nSPS) is 19.3. The number of hydrogen-bond acceptors (Lipinski definition) is 4. The number of anilines is 1. The number of hydrogen-bond donors (Lipinski definition) is 1. The molecule has 1 saturated heterocycles. The van der Waals surface area contributed by atoms with E-state index < -0.39 is 10.0 Å². The fourth-order valence-electron chi connectivity index (χ4n) is 3.31. The molecule has 0 aliphatic carbocycles. The van der Waals surface area contributed by atoms with Crippen molar-refractivity contribution < 1.29 is 13.5 Å². The van der Waals surface area contributed by atoms with Crippen LogP contribution in [0, 0.1) is 0 Å². The zero-order chi connectivity index (χ0) is 16.6. The van der Waals surface area contributed by atoms with Crippen LogP contribution in [0.4, 0.5) is 5.69 Å². The molecule has 1 fully saturated rings. The van der Waals surface area contributed by atoms with Crippen LogP contribution in [-0.2, 0) is 10.0 Å². The zero-order valence-electron chi connectivity index (χ0n) is 13.4. The molecule has 0 radical (unpaired) electrons. The van der Waals surface area contributed by atoms with Gasteiger partial charge in [-0.05, 0) is 25.0 Å². The van der Waals surface area contributed by atoms with Crippen LogP contribution in [0.1, 0.15) is 12.8 Å². The van der Waals surface area contributed by atoms with Gasteiger partial charge in [-0.25, -0.2) is 8.42 Å². The summed E-state index contributed by atoms with van der Waals surface area (Å²) in [7, 11) is 0.271. The highest BCUT2D eigenvalue weighted by atomic mass is 32.2. The Morgan fingerprint density at radius 3 is 2.57 bits per heavy atom. The Kier molecular flexibility index (Phi) is 4.31. The molecule has 2 aromatic rings. The van der Waals surface area contributed by atoms with Gasteiger partial charge in [0.1, 0.15) is 0 Å². The van der Waals surface area contributed by atoms with E-state index in [0.717, 1.165) is 22.9 Å². The van der Waals surface area contributed by atoms with Gasteiger partial charge in [0.25, 0.3) is 0 Å². The fraction of sp³-hybridized carbons (Fsp3) is 0.412. The van der Waals surface area contributed by atoms with Crippen LogP contribution < -0.4 is 4.90 Å². The second kappa shape index (κ2) is 6.11.